The number of benzene rings is 2. The van der Waals surface area contributed by atoms with Crippen LogP contribution in [0.4, 0.5) is 11.4 Å². The molecule has 3 rings (SSSR count). The first-order valence-electron chi connectivity index (χ1n) is 6.64. The highest BCUT2D eigenvalue weighted by Crippen LogP contribution is 2.36. The summed E-state index contributed by atoms with van der Waals surface area (Å²) in [7, 11) is 0. The average molecular weight is 359 g/mol. The molecule has 0 saturated carbocycles. The number of phenols is 1. The minimum atomic E-state index is -0.535. The Kier molecular flexibility index (Phi) is 4.21. The number of hydrazone groups is 1. The molecule has 6 nitrogen and oxygen atoms in total. The molecule has 1 aliphatic heterocycles. The second kappa shape index (κ2) is 6.32. The first-order valence-corrected chi connectivity index (χ1v) is 7.39. The third kappa shape index (κ3) is 2.83. The molecule has 2 aromatic rings. The Labute approximate surface area is 147 Å². The summed E-state index contributed by atoms with van der Waals surface area (Å²) >= 11 is 11.7. The van der Waals surface area contributed by atoms with Gasteiger partial charge in [0.1, 0.15) is 0 Å². The highest BCUT2D eigenvalue weighted by molar-refractivity contribution is 6.73. The monoisotopic (exact) mass is 358 g/mol. The molecule has 1 aliphatic rings. The Morgan fingerprint density at radius 1 is 1.17 bits per heavy atom. The molecule has 118 valence electrons. The van der Waals surface area contributed by atoms with Crippen molar-refractivity contribution in [2.45, 2.75) is 0 Å². The number of rotatable bonds is 2. The van der Waals surface area contributed by atoms with Crippen molar-refractivity contribution >= 4 is 52.0 Å². The maximum absolute atomic E-state index is 12.5. The maximum Gasteiger partial charge on any atom is 0.325 e. The van der Waals surface area contributed by atoms with Crippen LogP contribution in [0.3, 0.4) is 0 Å². The van der Waals surface area contributed by atoms with Crippen LogP contribution in [-0.4, -0.2) is 22.6 Å². The van der Waals surface area contributed by atoms with Gasteiger partial charge < -0.3 is 9.95 Å². The molecule has 1 heterocycles. The summed E-state index contributed by atoms with van der Waals surface area (Å²) in [6.07, 6.45) is 0. The number of carbonyl (C=O) groups excluding carboxylic acids is 1. The number of hydrogen-bond donors (Lipinski definition) is 1. The first kappa shape index (κ1) is 16.0. The van der Waals surface area contributed by atoms with Crippen molar-refractivity contribution in [2.24, 2.45) is 10.1 Å². The van der Waals surface area contributed by atoms with Crippen LogP contribution in [0, 0.1) is 6.57 Å². The third-order valence-electron chi connectivity index (χ3n) is 3.15. The fourth-order valence-corrected chi connectivity index (χ4v) is 2.52. The van der Waals surface area contributed by atoms with Crippen LogP contribution in [0.1, 0.15) is 0 Å². The first-order chi connectivity index (χ1) is 11.5. The second-order valence-corrected chi connectivity index (χ2v) is 5.52. The molecule has 0 bridgehead atoms. The summed E-state index contributed by atoms with van der Waals surface area (Å²) in [5.41, 5.74) is 0.639. The van der Waals surface area contributed by atoms with E-state index < -0.39 is 5.91 Å². The van der Waals surface area contributed by atoms with Crippen molar-refractivity contribution in [3.63, 3.8) is 0 Å². The predicted octanol–water partition coefficient (Wildman–Crippen LogP) is 4.05. The second-order valence-electron chi connectivity index (χ2n) is 4.71. The topological polar surface area (TPSA) is 69.6 Å². The number of amides is 1. The number of phenolic OH excluding ortho intramolecular Hbond substituents is 1. The Hall–Kier alpha value is -2.88. The number of aromatic hydroxyl groups is 1. The normalized spacial score (nSPS) is 15.5. The van der Waals surface area contributed by atoms with Crippen LogP contribution >= 0.6 is 23.2 Å². The zero-order valence-electron chi connectivity index (χ0n) is 11.9. The van der Waals surface area contributed by atoms with E-state index in [1.165, 1.54) is 12.1 Å². The van der Waals surface area contributed by atoms with Crippen LogP contribution in [0.25, 0.3) is 4.85 Å². The van der Waals surface area contributed by atoms with Gasteiger partial charge in [-0.2, -0.15) is 0 Å². The highest BCUT2D eigenvalue weighted by atomic mass is 35.5. The van der Waals surface area contributed by atoms with E-state index in [9.17, 15) is 9.90 Å². The number of para-hydroxylation sites is 1. The predicted molar refractivity (Wildman–Crippen MR) is 93.2 cm³/mol. The largest absolute Gasteiger partial charge is 0.505 e. The fraction of sp³-hybridized carbons (Fsp3) is 0. The van der Waals surface area contributed by atoms with E-state index in [1.807, 2.05) is 0 Å². The molecule has 0 spiro atoms. The maximum atomic E-state index is 12.5. The Bertz CT molecular complexity index is 910. The molecule has 0 fully saturated rings. The van der Waals surface area contributed by atoms with E-state index in [4.69, 9.17) is 29.8 Å². The smallest absolute Gasteiger partial charge is 0.325 e. The zero-order chi connectivity index (χ0) is 17.3. The number of nitrogens with zero attached hydrogens (tertiary/aromatic N) is 4. The van der Waals surface area contributed by atoms with Gasteiger partial charge >= 0.3 is 11.7 Å². The lowest BCUT2D eigenvalue weighted by atomic mass is 10.2. The summed E-state index contributed by atoms with van der Waals surface area (Å²) in [4.78, 5) is 19.9. The zero-order valence-corrected chi connectivity index (χ0v) is 13.5. The van der Waals surface area contributed by atoms with Gasteiger partial charge in [0.2, 0.25) is 0 Å². The third-order valence-corrected chi connectivity index (χ3v) is 3.73. The number of amidine groups is 1. The number of anilines is 1. The molecule has 1 N–H and O–H groups in total. The number of aliphatic imine (C=N–C) groups is 1. The van der Waals surface area contributed by atoms with Crippen LogP contribution in [0.2, 0.25) is 10.0 Å². The quantitative estimate of drug-likeness (QED) is 0.822. The van der Waals surface area contributed by atoms with Crippen LogP contribution < -0.4 is 5.01 Å². The minimum Gasteiger partial charge on any atom is -0.505 e. The van der Waals surface area contributed by atoms with E-state index in [-0.39, 0.29) is 33.0 Å². The van der Waals surface area contributed by atoms with Gasteiger partial charge in [-0.05, 0) is 29.4 Å². The lowest BCUT2D eigenvalue weighted by Crippen LogP contribution is -2.26. The number of carbonyl (C=O) groups is 1. The summed E-state index contributed by atoms with van der Waals surface area (Å²) in [6.45, 7) is 7.20. The van der Waals surface area contributed by atoms with Gasteiger partial charge in [-0.25, -0.2) is 0 Å². The summed E-state index contributed by atoms with van der Waals surface area (Å²) in [6, 6.07) is 11.4. The van der Waals surface area contributed by atoms with Gasteiger partial charge in [-0.3, -0.25) is 9.79 Å². The molecule has 24 heavy (non-hydrogen) atoms. The summed E-state index contributed by atoms with van der Waals surface area (Å²) in [5, 5.41) is 14.7. The Morgan fingerprint density at radius 2 is 1.79 bits per heavy atom. The molecule has 0 aliphatic carbocycles. The summed E-state index contributed by atoms with van der Waals surface area (Å²) < 4.78 is 0. The number of halogens is 2. The van der Waals surface area contributed by atoms with Crippen LogP contribution in [0.15, 0.2) is 52.6 Å². The molecule has 8 heteroatoms. The van der Waals surface area contributed by atoms with E-state index in [0.717, 1.165) is 5.01 Å². The van der Waals surface area contributed by atoms with Crippen molar-refractivity contribution in [3.8, 4) is 5.75 Å². The van der Waals surface area contributed by atoms with Crippen molar-refractivity contribution in [1.29, 1.82) is 0 Å². The molecule has 0 atom stereocenters. The van der Waals surface area contributed by atoms with Crippen molar-refractivity contribution < 1.29 is 9.90 Å². The van der Waals surface area contributed by atoms with E-state index in [0.29, 0.717) is 5.69 Å². The Balaban J connectivity index is 2.04. The van der Waals surface area contributed by atoms with Gasteiger partial charge in [0, 0.05) is 0 Å². The molecule has 0 radical (unpaired) electrons. The van der Waals surface area contributed by atoms with Gasteiger partial charge in [0.15, 0.2) is 11.5 Å². The average Bonchev–Trinajstić information content (AvgIpc) is 2.89. The van der Waals surface area contributed by atoms with Gasteiger partial charge in [-0.15, -0.1) is 5.01 Å². The van der Waals surface area contributed by atoms with Crippen molar-refractivity contribution in [3.05, 3.63) is 63.9 Å². The van der Waals surface area contributed by atoms with Crippen molar-refractivity contribution in [1.82, 2.24) is 0 Å². The number of hydrogen-bond acceptors (Lipinski definition) is 4. The van der Waals surface area contributed by atoms with E-state index in [1.54, 1.807) is 30.3 Å². The molecule has 0 saturated heterocycles. The van der Waals surface area contributed by atoms with Gasteiger partial charge in [0.05, 0.1) is 21.4 Å². The van der Waals surface area contributed by atoms with Crippen LogP contribution in [-0.2, 0) is 4.79 Å². The fourth-order valence-electron chi connectivity index (χ4n) is 2.05. The van der Waals surface area contributed by atoms with E-state index in [2.05, 4.69) is 14.9 Å². The van der Waals surface area contributed by atoms with E-state index >= 15 is 0 Å². The van der Waals surface area contributed by atoms with Gasteiger partial charge in [-0.1, -0.05) is 48.0 Å². The molecule has 0 aromatic heterocycles. The standard InChI is InChI=1S/C16H8Cl2N4O2/c1-19-15-13(20-9-7-11(17)14(23)12(18)8-9)16(24)22(21-15)10-5-3-2-4-6-10/h2-8,23H. The SMILES string of the molecule is [C-]#[N+]C1=NN(c2ccccc2)C(=O)C1=Nc1cc(Cl)c(O)c(Cl)c1. The Morgan fingerprint density at radius 3 is 2.38 bits per heavy atom. The lowest BCUT2D eigenvalue weighted by molar-refractivity contribution is -0.112. The highest BCUT2D eigenvalue weighted by Gasteiger charge is 2.36. The van der Waals surface area contributed by atoms with Gasteiger partial charge in [0.25, 0.3) is 0 Å². The van der Waals surface area contributed by atoms with Crippen LogP contribution in [0.5, 0.6) is 5.75 Å². The molecular formula is C16H8Cl2N4O2. The minimum absolute atomic E-state index is 0.00601. The molecule has 0 unspecified atom stereocenters. The molecule has 1 amide bonds. The van der Waals surface area contributed by atoms with Crippen molar-refractivity contribution in [2.75, 3.05) is 5.01 Å². The lowest BCUT2D eigenvalue weighted by Gasteiger charge is -2.06. The molecule has 2 aromatic carbocycles. The summed E-state index contributed by atoms with van der Waals surface area (Å²) in [5.74, 6) is -0.943. The molecular weight excluding hydrogens is 351 g/mol.